The van der Waals surface area contributed by atoms with Gasteiger partial charge in [0.2, 0.25) is 0 Å². The second-order valence-corrected chi connectivity index (χ2v) is 4.03. The maximum Gasteiger partial charge on any atom is 0.407 e. The molecule has 1 atom stereocenters. The monoisotopic (exact) mass is 285 g/mol. The van der Waals surface area contributed by atoms with E-state index in [-0.39, 0.29) is 12.6 Å². The summed E-state index contributed by atoms with van der Waals surface area (Å²) >= 11 is 0. The minimum atomic E-state index is -1.28. The van der Waals surface area contributed by atoms with Crippen LogP contribution in [0.5, 0.6) is 0 Å². The number of alkyl carbamates (subject to hydrolysis) is 1. The number of urea groups is 1. The SMILES string of the molecule is COC(=O)NC1CCN(C(=O)NC(=O)/C=C/C(=O)O)C1. The topological polar surface area (TPSA) is 125 Å². The van der Waals surface area contributed by atoms with E-state index in [1.54, 1.807) is 0 Å². The lowest BCUT2D eigenvalue weighted by Gasteiger charge is -2.16. The lowest BCUT2D eigenvalue weighted by Crippen LogP contribution is -2.43. The van der Waals surface area contributed by atoms with Gasteiger partial charge in [-0.05, 0) is 6.42 Å². The summed E-state index contributed by atoms with van der Waals surface area (Å²) in [5.74, 6) is -2.10. The number of carboxylic acid groups (broad SMARTS) is 1. The molecule has 1 fully saturated rings. The molecule has 1 aliphatic heterocycles. The molecule has 3 N–H and O–H groups in total. The Labute approximate surface area is 114 Å². The van der Waals surface area contributed by atoms with Crippen LogP contribution in [0.4, 0.5) is 9.59 Å². The zero-order chi connectivity index (χ0) is 15.1. The van der Waals surface area contributed by atoms with Crippen molar-refractivity contribution in [2.75, 3.05) is 20.2 Å². The molecule has 0 radical (unpaired) electrons. The van der Waals surface area contributed by atoms with E-state index < -0.39 is 24.0 Å². The van der Waals surface area contributed by atoms with Crippen molar-refractivity contribution < 1.29 is 29.0 Å². The smallest absolute Gasteiger partial charge is 0.407 e. The standard InChI is InChI=1S/C11H15N3O6/c1-20-11(19)12-7-4-5-14(6-7)10(18)13-8(15)2-3-9(16)17/h2-3,7H,4-6H2,1H3,(H,12,19)(H,16,17)(H,13,15,18)/b3-2+. The maximum absolute atomic E-state index is 11.7. The summed E-state index contributed by atoms with van der Waals surface area (Å²) in [5.41, 5.74) is 0. The van der Waals surface area contributed by atoms with Gasteiger partial charge in [0.25, 0.3) is 5.91 Å². The average Bonchev–Trinajstić information content (AvgIpc) is 2.84. The molecule has 0 saturated carbocycles. The van der Waals surface area contributed by atoms with Crippen molar-refractivity contribution in [1.29, 1.82) is 0 Å². The Balaban J connectivity index is 2.40. The summed E-state index contributed by atoms with van der Waals surface area (Å²) in [6.45, 7) is 0.618. The number of aliphatic carboxylic acids is 1. The summed E-state index contributed by atoms with van der Waals surface area (Å²) in [4.78, 5) is 45.4. The first-order valence-electron chi connectivity index (χ1n) is 5.77. The van der Waals surface area contributed by atoms with Gasteiger partial charge in [0.05, 0.1) is 13.2 Å². The molecule has 0 aromatic rings. The Morgan fingerprint density at radius 3 is 2.60 bits per heavy atom. The normalized spacial score (nSPS) is 17.9. The fourth-order valence-corrected chi connectivity index (χ4v) is 1.66. The van der Waals surface area contributed by atoms with Crippen LogP contribution >= 0.6 is 0 Å². The van der Waals surface area contributed by atoms with Crippen LogP contribution in [0.3, 0.4) is 0 Å². The van der Waals surface area contributed by atoms with Gasteiger partial charge in [0, 0.05) is 25.2 Å². The van der Waals surface area contributed by atoms with Crippen LogP contribution in [-0.4, -0.2) is 60.2 Å². The molecule has 0 aromatic heterocycles. The molecule has 110 valence electrons. The van der Waals surface area contributed by atoms with Crippen molar-refractivity contribution >= 4 is 24.0 Å². The van der Waals surface area contributed by atoms with Crippen LogP contribution in [0.25, 0.3) is 0 Å². The third kappa shape index (κ3) is 4.96. The molecular formula is C11H15N3O6. The molecule has 9 heteroatoms. The summed E-state index contributed by atoms with van der Waals surface area (Å²) in [5, 5.41) is 12.9. The van der Waals surface area contributed by atoms with E-state index in [0.717, 1.165) is 6.08 Å². The second-order valence-electron chi connectivity index (χ2n) is 4.03. The van der Waals surface area contributed by atoms with Gasteiger partial charge in [0.1, 0.15) is 0 Å². The zero-order valence-corrected chi connectivity index (χ0v) is 10.8. The Bertz CT molecular complexity index is 447. The molecule has 0 bridgehead atoms. The van der Waals surface area contributed by atoms with Crippen molar-refractivity contribution in [3.8, 4) is 0 Å². The molecule has 0 aliphatic carbocycles. The van der Waals surface area contributed by atoms with Gasteiger partial charge in [-0.3, -0.25) is 10.1 Å². The van der Waals surface area contributed by atoms with Gasteiger partial charge in [-0.2, -0.15) is 0 Å². The number of carbonyl (C=O) groups excluding carboxylic acids is 3. The van der Waals surface area contributed by atoms with Gasteiger partial charge in [-0.1, -0.05) is 0 Å². The molecule has 1 unspecified atom stereocenters. The molecule has 1 aliphatic rings. The number of methoxy groups -OCH3 is 1. The van der Waals surface area contributed by atoms with Crippen LogP contribution in [0.1, 0.15) is 6.42 Å². The van der Waals surface area contributed by atoms with Crippen molar-refractivity contribution in [3.63, 3.8) is 0 Å². The Hall–Kier alpha value is -2.58. The fourth-order valence-electron chi connectivity index (χ4n) is 1.66. The van der Waals surface area contributed by atoms with E-state index in [4.69, 9.17) is 5.11 Å². The van der Waals surface area contributed by atoms with Gasteiger partial charge in [-0.25, -0.2) is 14.4 Å². The summed E-state index contributed by atoms with van der Waals surface area (Å²) in [6, 6.07) is -0.878. The lowest BCUT2D eigenvalue weighted by atomic mass is 10.3. The number of nitrogens with one attached hydrogen (secondary N) is 2. The highest BCUT2D eigenvalue weighted by Gasteiger charge is 2.28. The Morgan fingerprint density at radius 2 is 2.00 bits per heavy atom. The number of carboxylic acids is 1. The van der Waals surface area contributed by atoms with E-state index in [9.17, 15) is 19.2 Å². The van der Waals surface area contributed by atoms with Crippen LogP contribution in [-0.2, 0) is 14.3 Å². The van der Waals surface area contributed by atoms with Crippen molar-refractivity contribution in [3.05, 3.63) is 12.2 Å². The fraction of sp³-hybridized carbons (Fsp3) is 0.455. The third-order valence-electron chi connectivity index (χ3n) is 2.59. The van der Waals surface area contributed by atoms with Crippen molar-refractivity contribution in [2.45, 2.75) is 12.5 Å². The van der Waals surface area contributed by atoms with Crippen LogP contribution < -0.4 is 10.6 Å². The maximum atomic E-state index is 11.7. The second kappa shape index (κ2) is 7.12. The largest absolute Gasteiger partial charge is 0.478 e. The van der Waals surface area contributed by atoms with Gasteiger partial charge >= 0.3 is 18.1 Å². The number of hydrogen-bond acceptors (Lipinski definition) is 5. The highest BCUT2D eigenvalue weighted by molar-refractivity contribution is 6.02. The van der Waals surface area contributed by atoms with E-state index >= 15 is 0 Å². The first kappa shape index (κ1) is 15.5. The first-order chi connectivity index (χ1) is 9.42. The molecule has 9 nitrogen and oxygen atoms in total. The Kier molecular flexibility index (Phi) is 5.51. The van der Waals surface area contributed by atoms with Crippen LogP contribution in [0, 0.1) is 0 Å². The molecule has 0 aromatic carbocycles. The van der Waals surface area contributed by atoms with E-state index in [1.165, 1.54) is 12.0 Å². The van der Waals surface area contributed by atoms with Gasteiger partial charge in [0.15, 0.2) is 0 Å². The number of nitrogens with zero attached hydrogens (tertiary/aromatic N) is 1. The number of rotatable bonds is 3. The molecular weight excluding hydrogens is 270 g/mol. The number of hydrogen-bond donors (Lipinski definition) is 3. The van der Waals surface area contributed by atoms with Crippen molar-refractivity contribution in [2.24, 2.45) is 0 Å². The quantitative estimate of drug-likeness (QED) is 0.588. The summed E-state index contributed by atoms with van der Waals surface area (Å²) in [7, 11) is 1.24. The van der Waals surface area contributed by atoms with E-state index in [1.807, 2.05) is 5.32 Å². The van der Waals surface area contributed by atoms with E-state index in [0.29, 0.717) is 19.0 Å². The zero-order valence-electron chi connectivity index (χ0n) is 10.8. The van der Waals surface area contributed by atoms with E-state index in [2.05, 4.69) is 10.1 Å². The molecule has 1 saturated heterocycles. The predicted molar refractivity (Wildman–Crippen MR) is 65.8 cm³/mol. The number of imide groups is 1. The molecule has 1 heterocycles. The Morgan fingerprint density at radius 1 is 1.30 bits per heavy atom. The average molecular weight is 285 g/mol. The summed E-state index contributed by atoms with van der Waals surface area (Å²) in [6.07, 6.45) is 1.34. The highest BCUT2D eigenvalue weighted by Crippen LogP contribution is 2.09. The van der Waals surface area contributed by atoms with Crippen molar-refractivity contribution in [1.82, 2.24) is 15.5 Å². The number of carbonyl (C=O) groups is 4. The van der Waals surface area contributed by atoms with Crippen LogP contribution in [0.2, 0.25) is 0 Å². The molecule has 0 spiro atoms. The number of ether oxygens (including phenoxy) is 1. The highest BCUT2D eigenvalue weighted by atomic mass is 16.5. The minimum absolute atomic E-state index is 0.238. The number of amides is 4. The number of likely N-dealkylation sites (tertiary alicyclic amines) is 1. The molecule has 4 amide bonds. The van der Waals surface area contributed by atoms with Crippen LogP contribution in [0.15, 0.2) is 12.2 Å². The molecule has 1 rings (SSSR count). The third-order valence-corrected chi connectivity index (χ3v) is 2.59. The minimum Gasteiger partial charge on any atom is -0.478 e. The predicted octanol–water partition coefficient (Wildman–Crippen LogP) is -0.706. The van der Waals surface area contributed by atoms with Gasteiger partial charge < -0.3 is 20.1 Å². The summed E-state index contributed by atoms with van der Waals surface area (Å²) < 4.78 is 4.44. The molecule has 20 heavy (non-hydrogen) atoms. The first-order valence-corrected chi connectivity index (χ1v) is 5.77. The lowest BCUT2D eigenvalue weighted by molar-refractivity contribution is -0.131. The van der Waals surface area contributed by atoms with Gasteiger partial charge in [-0.15, -0.1) is 0 Å².